The van der Waals surface area contributed by atoms with Crippen molar-refractivity contribution in [2.24, 2.45) is 117 Å². The zero-order valence-corrected chi connectivity index (χ0v) is 58.8. The summed E-state index contributed by atoms with van der Waals surface area (Å²) < 4.78 is 0. The van der Waals surface area contributed by atoms with Crippen molar-refractivity contribution in [2.75, 3.05) is 0 Å². The summed E-state index contributed by atoms with van der Waals surface area (Å²) in [6.45, 7) is 17.1. The van der Waals surface area contributed by atoms with E-state index in [0.717, 1.165) is 185 Å². The van der Waals surface area contributed by atoms with Crippen LogP contribution in [-0.4, -0.2) is 75.8 Å². The lowest BCUT2D eigenvalue weighted by molar-refractivity contribution is -0.153. The molecule has 494 valence electrons. The fraction of sp³-hybridized carbons (Fsp3) is 1.00. The molecule has 23 unspecified atom stereocenters. The molecule has 88 heavy (non-hydrogen) atoms. The van der Waals surface area contributed by atoms with E-state index in [0.29, 0.717) is 10.8 Å². The second-order valence-electron chi connectivity index (χ2n) is 40.4. The SMILES string of the molecule is CC(C)(C)C1CC2CCC3CC(C(C)(C)C)CC4C(C5CCC6C(C5)B5C7CC(C8CCCCC8)CCC7N(C7CCC(C8CCCCC8)CC7)C7CC(N8C9CCCCC9C9CCCCC98)CC(C57)N6C5CCC(C6CCCCC6)CC5)CC(C1)C2C34. The normalized spacial score (nSPS) is 51.1. The fourth-order valence-corrected chi connectivity index (χ4v) is 31.7. The Kier molecular flexibility index (Phi) is 17.6. The first-order valence-corrected chi connectivity index (χ1v) is 42.2. The van der Waals surface area contributed by atoms with Crippen molar-refractivity contribution < 1.29 is 0 Å². The quantitative estimate of drug-likeness (QED) is 0.235. The molecule has 14 saturated carbocycles. The average Bonchev–Trinajstić information content (AvgIpc) is 1.09. The summed E-state index contributed by atoms with van der Waals surface area (Å²) in [4.78, 5) is 11.0. The minimum absolute atomic E-state index is 0.451. The summed E-state index contributed by atoms with van der Waals surface area (Å²) in [5.74, 6) is 21.4. The molecule has 0 bridgehead atoms. The number of hydrogen-bond acceptors (Lipinski definition) is 3. The zero-order valence-electron chi connectivity index (χ0n) is 58.8. The summed E-state index contributed by atoms with van der Waals surface area (Å²) in [5.41, 5.74) is 0.913. The molecule has 17 rings (SSSR count). The molecular formula is C84H140BN3. The highest BCUT2D eigenvalue weighted by Gasteiger charge is 2.69. The number of likely N-dealkylation sites (tertiary alicyclic amines) is 1. The topological polar surface area (TPSA) is 9.72 Å². The lowest BCUT2D eigenvalue weighted by atomic mass is 9.18. The molecule has 3 aliphatic heterocycles. The first-order valence-electron chi connectivity index (χ1n) is 42.2. The maximum absolute atomic E-state index is 3.75. The van der Waals surface area contributed by atoms with E-state index in [2.05, 4.69) is 56.2 Å². The lowest BCUT2D eigenvalue weighted by Gasteiger charge is -2.71. The standard InChI is InChI=1S/C84H140BN3/c1-83(2,3)63-44-60-30-31-61-45-64(84(4,5)6)50-71-70(47-62(46-63)80(60)81(61)71)59-37-43-77-73(49-59)85-72-48-58(55-24-14-9-15-25-55)36-42-76(72)86(65-38-32-56(33-39-65)53-20-10-7-11-21-53)78-51-67(88-74-28-18-16-26-68(74)69-27-17-19-29-75(69)88)52-79(82(78)85)87(77)66-40-34-57(35-41-66)54-22-12-8-13-23-54/h53-82H,7-52H2,1-6H3. The monoisotopic (exact) mass is 1200 g/mol. The van der Waals surface area contributed by atoms with E-state index in [1.54, 1.807) is 238 Å². The summed E-state index contributed by atoms with van der Waals surface area (Å²) in [6.07, 6.45) is 72.5. The van der Waals surface area contributed by atoms with E-state index in [9.17, 15) is 0 Å². The fourth-order valence-electron chi connectivity index (χ4n) is 31.7. The molecule has 0 N–H and O–H groups in total. The second-order valence-corrected chi connectivity index (χ2v) is 40.4. The van der Waals surface area contributed by atoms with Gasteiger partial charge in [-0.15, -0.1) is 0 Å². The van der Waals surface area contributed by atoms with Gasteiger partial charge in [0.15, 0.2) is 6.71 Å². The minimum atomic E-state index is 0.451. The molecule has 0 aromatic carbocycles. The Labute approximate surface area is 544 Å². The minimum Gasteiger partial charge on any atom is -0.295 e. The highest BCUT2D eigenvalue weighted by Crippen LogP contribution is 2.70. The van der Waals surface area contributed by atoms with E-state index >= 15 is 0 Å². The smallest absolute Gasteiger partial charge is 0.156 e. The van der Waals surface area contributed by atoms with Gasteiger partial charge in [-0.1, -0.05) is 176 Å². The molecule has 3 saturated heterocycles. The molecule has 0 amide bonds. The van der Waals surface area contributed by atoms with Crippen LogP contribution in [0.15, 0.2) is 0 Å². The van der Waals surface area contributed by atoms with Crippen molar-refractivity contribution in [3.63, 3.8) is 0 Å². The lowest BCUT2D eigenvalue weighted by Crippen LogP contribution is -2.76. The zero-order chi connectivity index (χ0) is 59.2. The van der Waals surface area contributed by atoms with E-state index < -0.39 is 0 Å². The van der Waals surface area contributed by atoms with Crippen LogP contribution >= 0.6 is 0 Å². The van der Waals surface area contributed by atoms with Crippen LogP contribution < -0.4 is 0 Å². The van der Waals surface area contributed by atoms with Crippen LogP contribution in [0.3, 0.4) is 0 Å². The van der Waals surface area contributed by atoms with Crippen molar-refractivity contribution in [2.45, 2.75) is 409 Å². The molecule has 17 aliphatic rings. The highest BCUT2D eigenvalue weighted by molar-refractivity contribution is 6.65. The number of nitrogens with zero attached hydrogens (tertiary/aromatic N) is 3. The van der Waals surface area contributed by atoms with Crippen LogP contribution in [0.5, 0.6) is 0 Å². The van der Waals surface area contributed by atoms with Gasteiger partial charge in [0.25, 0.3) is 0 Å². The van der Waals surface area contributed by atoms with Gasteiger partial charge in [0.1, 0.15) is 0 Å². The van der Waals surface area contributed by atoms with Gasteiger partial charge < -0.3 is 0 Å². The molecule has 0 radical (unpaired) electrons. The van der Waals surface area contributed by atoms with Crippen molar-refractivity contribution in [3.05, 3.63) is 0 Å². The van der Waals surface area contributed by atoms with E-state index in [1.807, 2.05) is 0 Å². The number of hydrogen-bond donors (Lipinski definition) is 0. The van der Waals surface area contributed by atoms with Gasteiger partial charge in [-0.3, -0.25) is 14.7 Å². The van der Waals surface area contributed by atoms with E-state index in [-0.39, 0.29) is 0 Å². The maximum atomic E-state index is 3.75. The van der Waals surface area contributed by atoms with Crippen molar-refractivity contribution in [1.29, 1.82) is 0 Å². The average molecular weight is 1200 g/mol. The van der Waals surface area contributed by atoms with Crippen LogP contribution in [0.2, 0.25) is 17.5 Å². The summed E-state index contributed by atoms with van der Waals surface area (Å²) >= 11 is 0. The van der Waals surface area contributed by atoms with Gasteiger partial charge >= 0.3 is 0 Å². The van der Waals surface area contributed by atoms with Gasteiger partial charge in [-0.05, 0) is 295 Å². The Morgan fingerprint density at radius 3 is 1.14 bits per heavy atom. The Morgan fingerprint density at radius 1 is 0.239 bits per heavy atom. The number of fused-ring (bicyclic) bond motifs is 7. The summed E-state index contributed by atoms with van der Waals surface area (Å²) in [7, 11) is 0. The molecule has 14 aliphatic carbocycles. The molecule has 0 aromatic rings. The van der Waals surface area contributed by atoms with E-state index in [4.69, 9.17) is 0 Å². The molecule has 0 aromatic heterocycles. The summed E-state index contributed by atoms with van der Waals surface area (Å²) in [6, 6.07) is 7.89. The van der Waals surface area contributed by atoms with Gasteiger partial charge in [0.2, 0.25) is 0 Å². The molecular weight excluding hydrogens is 1060 g/mol. The molecule has 23 atom stereocenters. The van der Waals surface area contributed by atoms with Crippen LogP contribution in [0.1, 0.15) is 337 Å². The van der Waals surface area contributed by atoms with Gasteiger partial charge in [-0.2, -0.15) is 0 Å². The Hall–Kier alpha value is -0.0551. The highest BCUT2D eigenvalue weighted by atomic mass is 15.3. The third-order valence-electron chi connectivity index (χ3n) is 35.2. The third-order valence-corrected chi connectivity index (χ3v) is 35.2. The molecule has 4 heteroatoms. The largest absolute Gasteiger partial charge is 0.295 e. The van der Waals surface area contributed by atoms with Crippen molar-refractivity contribution in [3.8, 4) is 0 Å². The molecule has 17 fully saturated rings. The van der Waals surface area contributed by atoms with Crippen molar-refractivity contribution >= 4 is 6.71 Å². The molecule has 0 spiro atoms. The van der Waals surface area contributed by atoms with Gasteiger partial charge in [0, 0.05) is 54.4 Å². The third kappa shape index (κ3) is 11.0. The molecule has 3 heterocycles. The number of rotatable bonds is 7. The van der Waals surface area contributed by atoms with E-state index in [1.165, 1.54) is 57.8 Å². The first-order chi connectivity index (χ1) is 42.9. The summed E-state index contributed by atoms with van der Waals surface area (Å²) in [5, 5.41) is 0. The Bertz CT molecular complexity index is 2290. The maximum Gasteiger partial charge on any atom is 0.156 e. The van der Waals surface area contributed by atoms with Crippen LogP contribution in [0.4, 0.5) is 0 Å². The Balaban J connectivity index is 0.775. The molecule has 3 nitrogen and oxygen atoms in total. The van der Waals surface area contributed by atoms with Gasteiger partial charge in [-0.25, -0.2) is 0 Å². The Morgan fingerprint density at radius 2 is 0.625 bits per heavy atom. The first kappa shape index (κ1) is 61.5. The second kappa shape index (κ2) is 25.1. The van der Waals surface area contributed by atoms with Crippen molar-refractivity contribution in [1.82, 2.24) is 14.7 Å². The predicted molar refractivity (Wildman–Crippen MR) is 371 cm³/mol. The van der Waals surface area contributed by atoms with Crippen LogP contribution in [-0.2, 0) is 0 Å². The van der Waals surface area contributed by atoms with Crippen LogP contribution in [0, 0.1) is 117 Å². The van der Waals surface area contributed by atoms with Gasteiger partial charge in [0.05, 0.1) is 0 Å². The van der Waals surface area contributed by atoms with Crippen LogP contribution in [0.25, 0.3) is 0 Å². The predicted octanol–water partition coefficient (Wildman–Crippen LogP) is 22.2.